The Morgan fingerprint density at radius 1 is 1.40 bits per heavy atom. The van der Waals surface area contributed by atoms with Crippen molar-refractivity contribution in [2.24, 2.45) is 5.73 Å². The fourth-order valence-electron chi connectivity index (χ4n) is 0.476. The summed E-state index contributed by atoms with van der Waals surface area (Å²) in [6.07, 6.45) is 2.15. The van der Waals surface area contributed by atoms with E-state index in [1.165, 1.54) is 0 Å². The molecule has 62 valence electrons. The van der Waals surface area contributed by atoms with Crippen LogP contribution in [0, 0.1) is 0 Å². The molecule has 0 amide bonds. The van der Waals surface area contributed by atoms with E-state index in [1.807, 2.05) is 20.8 Å². The van der Waals surface area contributed by atoms with Gasteiger partial charge in [0.1, 0.15) is 5.78 Å². The molecule has 0 rings (SSSR count). The van der Waals surface area contributed by atoms with Crippen LogP contribution < -0.4 is 5.73 Å². The molecular formula is C8H19NO. The van der Waals surface area contributed by atoms with Gasteiger partial charge in [-0.3, -0.25) is 4.79 Å². The highest BCUT2D eigenvalue weighted by Gasteiger charge is 1.93. The first-order chi connectivity index (χ1) is 4.81. The van der Waals surface area contributed by atoms with Crippen molar-refractivity contribution in [3.05, 3.63) is 0 Å². The smallest absolute Gasteiger partial charge is 0.132 e. The first kappa shape index (κ1) is 12.3. The number of carbonyl (C=O) groups excluding carboxylic acids is 1. The van der Waals surface area contributed by atoms with Crippen molar-refractivity contribution in [1.82, 2.24) is 0 Å². The van der Waals surface area contributed by atoms with Gasteiger partial charge in [-0.25, -0.2) is 0 Å². The third-order valence-electron chi connectivity index (χ3n) is 1.05. The highest BCUT2D eigenvalue weighted by atomic mass is 16.1. The minimum absolute atomic E-state index is 0.315. The molecule has 2 heteroatoms. The molecule has 0 radical (unpaired) electrons. The minimum atomic E-state index is 0.315. The van der Waals surface area contributed by atoms with Crippen molar-refractivity contribution in [3.63, 3.8) is 0 Å². The van der Waals surface area contributed by atoms with Crippen LogP contribution in [0.3, 0.4) is 0 Å². The highest BCUT2D eigenvalue weighted by molar-refractivity contribution is 5.77. The SMILES string of the molecule is CC.CCC(=O)CCCN. The van der Waals surface area contributed by atoms with E-state index in [2.05, 4.69) is 0 Å². The van der Waals surface area contributed by atoms with Crippen LogP contribution in [0.15, 0.2) is 0 Å². The lowest BCUT2D eigenvalue weighted by Gasteiger charge is -1.91. The van der Waals surface area contributed by atoms with E-state index in [4.69, 9.17) is 5.73 Å². The summed E-state index contributed by atoms with van der Waals surface area (Å²) in [6.45, 7) is 6.50. The molecule has 0 fully saturated rings. The summed E-state index contributed by atoms with van der Waals surface area (Å²) in [5.41, 5.74) is 5.18. The lowest BCUT2D eigenvalue weighted by atomic mass is 10.2. The Hall–Kier alpha value is -0.370. The molecule has 0 saturated heterocycles. The Morgan fingerprint density at radius 3 is 2.20 bits per heavy atom. The molecule has 10 heavy (non-hydrogen) atoms. The van der Waals surface area contributed by atoms with Gasteiger partial charge < -0.3 is 5.73 Å². The molecule has 0 aliphatic heterocycles. The van der Waals surface area contributed by atoms with Gasteiger partial charge in [0.05, 0.1) is 0 Å². The third kappa shape index (κ3) is 10.6. The highest BCUT2D eigenvalue weighted by Crippen LogP contribution is 1.90. The number of Topliss-reactive ketones (excluding diaryl/α,β-unsaturated/α-hetero) is 1. The second-order valence-electron chi connectivity index (χ2n) is 1.78. The Morgan fingerprint density at radius 2 is 1.90 bits per heavy atom. The topological polar surface area (TPSA) is 43.1 Å². The summed E-state index contributed by atoms with van der Waals surface area (Å²) in [7, 11) is 0. The Labute approximate surface area is 63.8 Å². The van der Waals surface area contributed by atoms with E-state index < -0.39 is 0 Å². The predicted molar refractivity (Wildman–Crippen MR) is 44.9 cm³/mol. The molecule has 0 aliphatic carbocycles. The summed E-state index contributed by atoms with van der Waals surface area (Å²) >= 11 is 0. The summed E-state index contributed by atoms with van der Waals surface area (Å²) in [4.78, 5) is 10.5. The standard InChI is InChI=1S/C6H13NO.C2H6/c1-2-6(8)4-3-5-7;1-2/h2-5,7H2,1H3;1-2H3. The lowest BCUT2D eigenvalue weighted by Crippen LogP contribution is -2.02. The predicted octanol–water partition coefficient (Wildman–Crippen LogP) is 1.73. The Balaban J connectivity index is 0. The molecule has 2 N–H and O–H groups in total. The minimum Gasteiger partial charge on any atom is -0.330 e. The fourth-order valence-corrected chi connectivity index (χ4v) is 0.476. The van der Waals surface area contributed by atoms with Crippen molar-refractivity contribution in [2.75, 3.05) is 6.54 Å². The zero-order valence-electron chi connectivity index (χ0n) is 7.31. The largest absolute Gasteiger partial charge is 0.330 e. The van der Waals surface area contributed by atoms with E-state index in [-0.39, 0.29) is 0 Å². The van der Waals surface area contributed by atoms with Crippen LogP contribution in [0.25, 0.3) is 0 Å². The van der Waals surface area contributed by atoms with Gasteiger partial charge in [0.15, 0.2) is 0 Å². The second kappa shape index (κ2) is 11.4. The van der Waals surface area contributed by atoms with Gasteiger partial charge in [-0.15, -0.1) is 0 Å². The first-order valence-corrected chi connectivity index (χ1v) is 4.03. The molecule has 0 aromatic heterocycles. The Kier molecular flexibility index (Phi) is 14.1. The van der Waals surface area contributed by atoms with Gasteiger partial charge in [-0.05, 0) is 13.0 Å². The number of hydrogen-bond donors (Lipinski definition) is 1. The van der Waals surface area contributed by atoms with Crippen molar-refractivity contribution in [3.8, 4) is 0 Å². The second-order valence-corrected chi connectivity index (χ2v) is 1.78. The zero-order valence-corrected chi connectivity index (χ0v) is 7.31. The molecule has 0 unspecified atom stereocenters. The van der Waals surface area contributed by atoms with Crippen LogP contribution in [0.1, 0.15) is 40.0 Å². The van der Waals surface area contributed by atoms with Crippen LogP contribution in [0.2, 0.25) is 0 Å². The molecule has 0 saturated carbocycles. The quantitative estimate of drug-likeness (QED) is 0.654. The molecular weight excluding hydrogens is 126 g/mol. The molecule has 0 atom stereocenters. The monoisotopic (exact) mass is 145 g/mol. The number of rotatable bonds is 4. The van der Waals surface area contributed by atoms with Crippen molar-refractivity contribution in [2.45, 2.75) is 40.0 Å². The summed E-state index contributed by atoms with van der Waals surface area (Å²) < 4.78 is 0. The number of ketones is 1. The molecule has 0 bridgehead atoms. The van der Waals surface area contributed by atoms with Gasteiger partial charge in [-0.2, -0.15) is 0 Å². The maximum Gasteiger partial charge on any atom is 0.132 e. The van der Waals surface area contributed by atoms with Gasteiger partial charge in [-0.1, -0.05) is 20.8 Å². The maximum absolute atomic E-state index is 10.5. The van der Waals surface area contributed by atoms with Gasteiger partial charge >= 0.3 is 0 Å². The fraction of sp³-hybridized carbons (Fsp3) is 0.875. The van der Waals surface area contributed by atoms with E-state index in [0.717, 1.165) is 6.42 Å². The normalized spacial score (nSPS) is 8.00. The van der Waals surface area contributed by atoms with E-state index in [1.54, 1.807) is 0 Å². The van der Waals surface area contributed by atoms with Crippen LogP contribution in [0.4, 0.5) is 0 Å². The summed E-state index contributed by atoms with van der Waals surface area (Å²) in [6, 6.07) is 0. The van der Waals surface area contributed by atoms with Gasteiger partial charge in [0.2, 0.25) is 0 Å². The Bertz CT molecular complexity index is 71.7. The number of hydrogen-bond acceptors (Lipinski definition) is 2. The van der Waals surface area contributed by atoms with Crippen LogP contribution >= 0.6 is 0 Å². The third-order valence-corrected chi connectivity index (χ3v) is 1.05. The van der Waals surface area contributed by atoms with Crippen LogP contribution in [-0.4, -0.2) is 12.3 Å². The number of nitrogens with two attached hydrogens (primary N) is 1. The van der Waals surface area contributed by atoms with E-state index in [0.29, 0.717) is 25.2 Å². The van der Waals surface area contributed by atoms with Crippen molar-refractivity contribution in [1.29, 1.82) is 0 Å². The van der Waals surface area contributed by atoms with Crippen LogP contribution in [-0.2, 0) is 4.79 Å². The first-order valence-electron chi connectivity index (χ1n) is 4.03. The molecule has 2 nitrogen and oxygen atoms in total. The average molecular weight is 145 g/mol. The summed E-state index contributed by atoms with van der Waals surface area (Å²) in [5.74, 6) is 0.315. The van der Waals surface area contributed by atoms with Gasteiger partial charge in [0, 0.05) is 12.8 Å². The molecule has 0 aromatic carbocycles. The van der Waals surface area contributed by atoms with E-state index in [9.17, 15) is 4.79 Å². The van der Waals surface area contributed by atoms with Crippen molar-refractivity contribution >= 4 is 5.78 Å². The molecule has 0 heterocycles. The maximum atomic E-state index is 10.5. The van der Waals surface area contributed by atoms with Crippen molar-refractivity contribution < 1.29 is 4.79 Å². The molecule has 0 aromatic rings. The van der Waals surface area contributed by atoms with E-state index >= 15 is 0 Å². The molecule has 0 spiro atoms. The lowest BCUT2D eigenvalue weighted by molar-refractivity contribution is -0.118. The van der Waals surface area contributed by atoms with Gasteiger partial charge in [0.25, 0.3) is 0 Å². The zero-order chi connectivity index (χ0) is 8.41. The summed E-state index contributed by atoms with van der Waals surface area (Å²) in [5, 5.41) is 0. The molecule has 0 aliphatic rings. The number of carbonyl (C=O) groups is 1. The van der Waals surface area contributed by atoms with Crippen LogP contribution in [0.5, 0.6) is 0 Å². The average Bonchev–Trinajstić information content (AvgIpc) is 2.04.